The summed E-state index contributed by atoms with van der Waals surface area (Å²) in [6, 6.07) is 9.71. The van der Waals surface area contributed by atoms with Crippen molar-refractivity contribution in [1.82, 2.24) is 0 Å². The predicted octanol–water partition coefficient (Wildman–Crippen LogP) is 3.67. The zero-order valence-corrected chi connectivity index (χ0v) is 12.7. The molecule has 0 bridgehead atoms. The van der Waals surface area contributed by atoms with Crippen LogP contribution in [0.2, 0.25) is 0 Å². The van der Waals surface area contributed by atoms with Crippen LogP contribution in [0.25, 0.3) is 0 Å². The fourth-order valence-corrected chi connectivity index (χ4v) is 1.91. The van der Waals surface area contributed by atoms with Crippen molar-refractivity contribution in [1.29, 1.82) is 0 Å². The first-order chi connectivity index (χ1) is 10.9. The minimum absolute atomic E-state index is 0.262. The number of hydrogen-bond acceptors (Lipinski definition) is 2. The van der Waals surface area contributed by atoms with Gasteiger partial charge >= 0.3 is 11.8 Å². The molecule has 2 aromatic carbocycles. The monoisotopic (exact) mass is 318 g/mol. The van der Waals surface area contributed by atoms with E-state index in [0.29, 0.717) is 17.7 Å². The summed E-state index contributed by atoms with van der Waals surface area (Å²) in [5, 5.41) is 4.51. The standard InChI is InChI=1S/C17H16F2N2O2/c1-10(2)11-3-6-13(7-4-11)20-16(22)17(23)21-15-8-5-12(18)9-14(15)19/h3-10H,1-2H3,(H,20,22)(H,21,23). The molecule has 2 N–H and O–H groups in total. The molecule has 0 atom stereocenters. The molecule has 0 saturated heterocycles. The van der Waals surface area contributed by atoms with E-state index in [1.807, 2.05) is 26.0 Å². The van der Waals surface area contributed by atoms with Gasteiger partial charge in [-0.2, -0.15) is 0 Å². The van der Waals surface area contributed by atoms with Crippen LogP contribution in [0.3, 0.4) is 0 Å². The summed E-state index contributed by atoms with van der Waals surface area (Å²) in [6.07, 6.45) is 0. The van der Waals surface area contributed by atoms with E-state index in [2.05, 4.69) is 10.6 Å². The summed E-state index contributed by atoms with van der Waals surface area (Å²) in [7, 11) is 0. The molecule has 0 fully saturated rings. The number of anilines is 2. The van der Waals surface area contributed by atoms with Gasteiger partial charge in [-0.15, -0.1) is 0 Å². The summed E-state index contributed by atoms with van der Waals surface area (Å²) < 4.78 is 26.2. The Hall–Kier alpha value is -2.76. The normalized spacial score (nSPS) is 10.5. The molecule has 0 aromatic heterocycles. The number of carbonyl (C=O) groups is 2. The Bertz CT molecular complexity index is 728. The zero-order valence-electron chi connectivity index (χ0n) is 12.7. The number of hydrogen-bond donors (Lipinski definition) is 2. The summed E-state index contributed by atoms with van der Waals surface area (Å²) in [6.45, 7) is 4.08. The molecular weight excluding hydrogens is 302 g/mol. The molecule has 0 unspecified atom stereocenters. The maximum Gasteiger partial charge on any atom is 0.314 e. The largest absolute Gasteiger partial charge is 0.318 e. The Labute approximate surface area is 132 Å². The minimum Gasteiger partial charge on any atom is -0.318 e. The lowest BCUT2D eigenvalue weighted by Crippen LogP contribution is -2.29. The lowest BCUT2D eigenvalue weighted by Gasteiger charge is -2.09. The molecule has 2 amide bonds. The van der Waals surface area contributed by atoms with Crippen LogP contribution in [-0.2, 0) is 9.59 Å². The second-order valence-electron chi connectivity index (χ2n) is 5.31. The number of amides is 2. The van der Waals surface area contributed by atoms with Gasteiger partial charge in [0.05, 0.1) is 5.69 Å². The topological polar surface area (TPSA) is 58.2 Å². The van der Waals surface area contributed by atoms with Crippen molar-refractivity contribution in [2.75, 3.05) is 10.6 Å². The van der Waals surface area contributed by atoms with Crippen LogP contribution >= 0.6 is 0 Å². The van der Waals surface area contributed by atoms with E-state index in [-0.39, 0.29) is 5.69 Å². The van der Waals surface area contributed by atoms with Crippen molar-refractivity contribution >= 4 is 23.2 Å². The van der Waals surface area contributed by atoms with Gasteiger partial charge in [-0.25, -0.2) is 8.78 Å². The number of nitrogens with one attached hydrogen (secondary N) is 2. The smallest absolute Gasteiger partial charge is 0.314 e. The Morgan fingerprint density at radius 2 is 1.52 bits per heavy atom. The third kappa shape index (κ3) is 4.35. The molecule has 0 heterocycles. The highest BCUT2D eigenvalue weighted by Crippen LogP contribution is 2.18. The van der Waals surface area contributed by atoms with Gasteiger partial charge in [0.15, 0.2) is 0 Å². The van der Waals surface area contributed by atoms with Crippen LogP contribution in [-0.4, -0.2) is 11.8 Å². The van der Waals surface area contributed by atoms with Gasteiger partial charge in [0.1, 0.15) is 11.6 Å². The quantitative estimate of drug-likeness (QED) is 0.849. The molecule has 0 spiro atoms. The Morgan fingerprint density at radius 3 is 2.09 bits per heavy atom. The molecule has 2 aromatic rings. The SMILES string of the molecule is CC(C)c1ccc(NC(=O)C(=O)Nc2ccc(F)cc2F)cc1. The third-order valence-corrected chi connectivity index (χ3v) is 3.22. The molecule has 0 saturated carbocycles. The first-order valence-electron chi connectivity index (χ1n) is 7.04. The number of carbonyl (C=O) groups excluding carboxylic acids is 2. The Kier molecular flexibility index (Phi) is 5.05. The summed E-state index contributed by atoms with van der Waals surface area (Å²) >= 11 is 0. The highest BCUT2D eigenvalue weighted by molar-refractivity contribution is 6.43. The van der Waals surface area contributed by atoms with Crippen molar-refractivity contribution in [2.24, 2.45) is 0 Å². The first-order valence-corrected chi connectivity index (χ1v) is 7.04. The molecular formula is C17H16F2N2O2. The van der Waals surface area contributed by atoms with Crippen molar-refractivity contribution < 1.29 is 18.4 Å². The summed E-state index contributed by atoms with van der Waals surface area (Å²) in [5.74, 6) is -3.35. The first kappa shape index (κ1) is 16.6. The zero-order chi connectivity index (χ0) is 17.0. The van der Waals surface area contributed by atoms with Gasteiger partial charge in [0.2, 0.25) is 0 Å². The van der Waals surface area contributed by atoms with Gasteiger partial charge in [0, 0.05) is 11.8 Å². The van der Waals surface area contributed by atoms with E-state index in [0.717, 1.165) is 17.7 Å². The molecule has 0 radical (unpaired) electrons. The average molecular weight is 318 g/mol. The van der Waals surface area contributed by atoms with Gasteiger partial charge in [-0.1, -0.05) is 26.0 Å². The van der Waals surface area contributed by atoms with E-state index in [1.165, 1.54) is 0 Å². The van der Waals surface area contributed by atoms with Crippen LogP contribution in [0.5, 0.6) is 0 Å². The molecule has 120 valence electrons. The van der Waals surface area contributed by atoms with E-state index in [1.54, 1.807) is 12.1 Å². The molecule has 4 nitrogen and oxygen atoms in total. The van der Waals surface area contributed by atoms with Crippen LogP contribution in [0.1, 0.15) is 25.3 Å². The van der Waals surface area contributed by atoms with Crippen LogP contribution in [0.15, 0.2) is 42.5 Å². The van der Waals surface area contributed by atoms with Gasteiger partial charge in [-0.3, -0.25) is 9.59 Å². The minimum atomic E-state index is -1.04. The lowest BCUT2D eigenvalue weighted by atomic mass is 10.0. The molecule has 0 aliphatic rings. The number of benzene rings is 2. The molecule has 0 aliphatic carbocycles. The molecule has 23 heavy (non-hydrogen) atoms. The highest BCUT2D eigenvalue weighted by Gasteiger charge is 2.16. The van der Waals surface area contributed by atoms with Crippen LogP contribution < -0.4 is 10.6 Å². The third-order valence-electron chi connectivity index (χ3n) is 3.22. The van der Waals surface area contributed by atoms with E-state index < -0.39 is 23.4 Å². The maximum absolute atomic E-state index is 13.4. The summed E-state index contributed by atoms with van der Waals surface area (Å²) in [5.41, 5.74) is 1.29. The van der Waals surface area contributed by atoms with E-state index >= 15 is 0 Å². The van der Waals surface area contributed by atoms with Crippen LogP contribution in [0.4, 0.5) is 20.2 Å². The fourth-order valence-electron chi connectivity index (χ4n) is 1.91. The fraction of sp³-hybridized carbons (Fsp3) is 0.176. The van der Waals surface area contributed by atoms with Gasteiger partial charge < -0.3 is 10.6 Å². The average Bonchev–Trinajstić information content (AvgIpc) is 2.50. The number of rotatable bonds is 3. The molecule has 2 rings (SSSR count). The molecule has 6 heteroatoms. The second kappa shape index (κ2) is 7.00. The van der Waals surface area contributed by atoms with Crippen LogP contribution in [0, 0.1) is 11.6 Å². The summed E-state index contributed by atoms with van der Waals surface area (Å²) in [4.78, 5) is 23.5. The van der Waals surface area contributed by atoms with Crippen molar-refractivity contribution in [3.05, 3.63) is 59.7 Å². The predicted molar refractivity (Wildman–Crippen MR) is 84.1 cm³/mol. The lowest BCUT2D eigenvalue weighted by molar-refractivity contribution is -0.133. The Morgan fingerprint density at radius 1 is 0.913 bits per heavy atom. The van der Waals surface area contributed by atoms with E-state index in [9.17, 15) is 18.4 Å². The van der Waals surface area contributed by atoms with Crippen molar-refractivity contribution in [2.45, 2.75) is 19.8 Å². The van der Waals surface area contributed by atoms with Gasteiger partial charge in [-0.05, 0) is 35.7 Å². The second-order valence-corrected chi connectivity index (χ2v) is 5.31. The van der Waals surface area contributed by atoms with Crippen molar-refractivity contribution in [3.8, 4) is 0 Å². The Balaban J connectivity index is 2.01. The molecule has 0 aliphatic heterocycles. The van der Waals surface area contributed by atoms with Gasteiger partial charge in [0.25, 0.3) is 0 Å². The van der Waals surface area contributed by atoms with E-state index in [4.69, 9.17) is 0 Å². The van der Waals surface area contributed by atoms with Crippen molar-refractivity contribution in [3.63, 3.8) is 0 Å². The number of halogens is 2. The maximum atomic E-state index is 13.4. The highest BCUT2D eigenvalue weighted by atomic mass is 19.1.